The topological polar surface area (TPSA) is 52.0 Å². The maximum atomic E-state index is 12.2. The first-order chi connectivity index (χ1) is 5.93. The molecule has 74 valence electrons. The summed E-state index contributed by atoms with van der Waals surface area (Å²) >= 11 is 0. The molecule has 0 atom stereocenters. The summed E-state index contributed by atoms with van der Waals surface area (Å²) in [7, 11) is 0. The molecule has 0 bridgehead atoms. The summed E-state index contributed by atoms with van der Waals surface area (Å²) in [6.07, 6.45) is 0. The van der Waals surface area contributed by atoms with Crippen LogP contribution in [0.3, 0.4) is 0 Å². The third-order valence-corrected chi connectivity index (χ3v) is 0.958. The van der Waals surface area contributed by atoms with E-state index in [9.17, 15) is 17.6 Å². The second kappa shape index (κ2) is 5.36. The molecule has 13 heavy (non-hydrogen) atoms. The van der Waals surface area contributed by atoms with Crippen LogP contribution in [0.15, 0.2) is 18.2 Å². The zero-order valence-electron chi connectivity index (χ0n) is 6.48. The normalized spacial score (nSPS) is 9.38. The minimum atomic E-state index is -2.67. The predicted molar refractivity (Wildman–Crippen MR) is 41.0 cm³/mol. The lowest BCUT2D eigenvalue weighted by molar-refractivity contribution is 0.157. The Morgan fingerprint density at radius 2 is 1.62 bits per heavy atom. The van der Waals surface area contributed by atoms with Crippen molar-refractivity contribution in [3.05, 3.63) is 29.8 Å². The van der Waals surface area contributed by atoms with Crippen LogP contribution >= 0.6 is 0 Å². The van der Waals surface area contributed by atoms with Gasteiger partial charge in [-0.25, -0.2) is 8.78 Å². The van der Waals surface area contributed by atoms with Crippen LogP contribution < -0.4 is 11.5 Å². The fourth-order valence-electron chi connectivity index (χ4n) is 0.515. The van der Waals surface area contributed by atoms with Crippen LogP contribution in [-0.2, 0) is 0 Å². The van der Waals surface area contributed by atoms with Gasteiger partial charge in [-0.05, 0) is 18.2 Å². The van der Waals surface area contributed by atoms with Gasteiger partial charge in [0.25, 0.3) is 6.55 Å². The van der Waals surface area contributed by atoms with Gasteiger partial charge >= 0.3 is 0 Å². The molecule has 0 spiro atoms. The highest BCUT2D eigenvalue weighted by Gasteiger charge is 1.96. The van der Waals surface area contributed by atoms with Crippen LogP contribution in [0.5, 0.6) is 0 Å². The number of hydrogen-bond acceptors (Lipinski definition) is 2. The molecule has 0 aliphatic heterocycles. The summed E-state index contributed by atoms with van der Waals surface area (Å²) in [4.78, 5) is 0. The first-order valence-corrected chi connectivity index (χ1v) is 3.17. The highest BCUT2D eigenvalue weighted by Crippen LogP contribution is 2.09. The quantitative estimate of drug-likeness (QED) is 0.377. The van der Waals surface area contributed by atoms with Crippen molar-refractivity contribution in [1.82, 2.24) is 0 Å². The van der Waals surface area contributed by atoms with Crippen LogP contribution in [0, 0.1) is 11.6 Å². The Balaban J connectivity index is 0.000000310. The van der Waals surface area contributed by atoms with Gasteiger partial charge in [-0.2, -0.15) is 8.78 Å². The molecular weight excluding hydrogens is 188 g/mol. The zero-order valence-corrected chi connectivity index (χ0v) is 6.48. The van der Waals surface area contributed by atoms with E-state index in [0.717, 1.165) is 18.2 Å². The smallest absolute Gasteiger partial charge is 0.289 e. The van der Waals surface area contributed by atoms with Gasteiger partial charge in [0.1, 0.15) is 11.6 Å². The van der Waals surface area contributed by atoms with Gasteiger partial charge in [-0.15, -0.1) is 0 Å². The van der Waals surface area contributed by atoms with Crippen LogP contribution in [0.2, 0.25) is 0 Å². The van der Waals surface area contributed by atoms with Crippen molar-refractivity contribution in [3.63, 3.8) is 0 Å². The minimum Gasteiger partial charge on any atom is -0.396 e. The number of nitrogen functional groups attached to an aromatic ring is 1. The molecule has 0 aromatic heterocycles. The van der Waals surface area contributed by atoms with E-state index in [-0.39, 0.29) is 5.69 Å². The highest BCUT2D eigenvalue weighted by atomic mass is 19.3. The Bertz CT molecular complexity index is 262. The molecule has 0 heterocycles. The van der Waals surface area contributed by atoms with Gasteiger partial charge in [-0.1, -0.05) is 0 Å². The molecule has 0 saturated heterocycles. The maximum Gasteiger partial charge on any atom is 0.289 e. The van der Waals surface area contributed by atoms with E-state index in [1.54, 1.807) is 0 Å². The second-order valence-corrected chi connectivity index (χ2v) is 2.00. The van der Waals surface area contributed by atoms with Crippen LogP contribution in [0.25, 0.3) is 0 Å². The fraction of sp³-hybridized carbons (Fsp3) is 0.143. The van der Waals surface area contributed by atoms with Crippen molar-refractivity contribution in [2.24, 2.45) is 5.73 Å². The molecule has 1 rings (SSSR count). The SMILES string of the molecule is NC(F)F.Nc1cc(F)ccc1F. The Kier molecular flexibility index (Phi) is 4.83. The van der Waals surface area contributed by atoms with Gasteiger partial charge in [0.05, 0.1) is 5.69 Å². The van der Waals surface area contributed by atoms with E-state index in [2.05, 4.69) is 5.73 Å². The molecule has 6 heteroatoms. The summed E-state index contributed by atoms with van der Waals surface area (Å²) in [5.74, 6) is -1.11. The lowest BCUT2D eigenvalue weighted by Crippen LogP contribution is -2.02. The summed E-state index contributed by atoms with van der Waals surface area (Å²) in [5, 5.41) is 0. The van der Waals surface area contributed by atoms with Crippen molar-refractivity contribution in [3.8, 4) is 0 Å². The summed E-state index contributed by atoms with van der Waals surface area (Å²) in [6.45, 7) is -2.67. The van der Waals surface area contributed by atoms with Crippen LogP contribution in [0.4, 0.5) is 23.2 Å². The Labute approximate surface area is 72.1 Å². The van der Waals surface area contributed by atoms with E-state index in [4.69, 9.17) is 5.73 Å². The van der Waals surface area contributed by atoms with E-state index in [0.29, 0.717) is 0 Å². The van der Waals surface area contributed by atoms with E-state index in [1.165, 1.54) is 0 Å². The predicted octanol–water partition coefficient (Wildman–Crippen LogP) is 1.71. The first-order valence-electron chi connectivity index (χ1n) is 3.17. The zero-order chi connectivity index (χ0) is 10.4. The molecule has 0 amide bonds. The molecular formula is C7H8F4N2. The van der Waals surface area contributed by atoms with Crippen molar-refractivity contribution in [2.75, 3.05) is 5.73 Å². The molecule has 0 aliphatic rings. The molecule has 0 aliphatic carbocycles. The third kappa shape index (κ3) is 5.92. The second-order valence-electron chi connectivity index (χ2n) is 2.00. The number of rotatable bonds is 0. The van der Waals surface area contributed by atoms with Gasteiger partial charge in [0.15, 0.2) is 0 Å². The van der Waals surface area contributed by atoms with E-state index in [1.807, 2.05) is 0 Å². The minimum absolute atomic E-state index is 0.157. The van der Waals surface area contributed by atoms with Gasteiger partial charge in [0, 0.05) is 0 Å². The largest absolute Gasteiger partial charge is 0.396 e. The third-order valence-electron chi connectivity index (χ3n) is 0.958. The number of hydrogen-bond donors (Lipinski definition) is 2. The highest BCUT2D eigenvalue weighted by molar-refractivity contribution is 5.38. The van der Waals surface area contributed by atoms with E-state index < -0.39 is 18.2 Å². The van der Waals surface area contributed by atoms with Crippen molar-refractivity contribution < 1.29 is 17.6 Å². The van der Waals surface area contributed by atoms with Gasteiger partial charge in [0.2, 0.25) is 0 Å². The van der Waals surface area contributed by atoms with E-state index >= 15 is 0 Å². The van der Waals surface area contributed by atoms with Crippen molar-refractivity contribution >= 4 is 5.69 Å². The summed E-state index contributed by atoms with van der Waals surface area (Å²) in [5.41, 5.74) is 8.63. The van der Waals surface area contributed by atoms with Gasteiger partial charge < -0.3 is 5.73 Å². The first kappa shape index (κ1) is 11.7. The number of halogens is 4. The lowest BCUT2D eigenvalue weighted by atomic mass is 10.3. The van der Waals surface area contributed by atoms with Crippen molar-refractivity contribution in [2.45, 2.75) is 6.55 Å². The lowest BCUT2D eigenvalue weighted by Gasteiger charge is -1.92. The number of anilines is 1. The summed E-state index contributed by atoms with van der Waals surface area (Å²) in [6, 6.07) is 2.95. The molecule has 0 saturated carbocycles. The summed E-state index contributed by atoms with van der Waals surface area (Å²) < 4.78 is 44.5. The number of alkyl halides is 2. The Morgan fingerprint density at radius 1 is 1.15 bits per heavy atom. The molecule has 0 radical (unpaired) electrons. The van der Waals surface area contributed by atoms with Crippen LogP contribution in [-0.4, -0.2) is 6.55 Å². The van der Waals surface area contributed by atoms with Crippen LogP contribution in [0.1, 0.15) is 0 Å². The maximum absolute atomic E-state index is 12.2. The molecule has 2 nitrogen and oxygen atoms in total. The van der Waals surface area contributed by atoms with Gasteiger partial charge in [-0.3, -0.25) is 5.73 Å². The Morgan fingerprint density at radius 3 is 1.92 bits per heavy atom. The molecule has 4 N–H and O–H groups in total. The average molecular weight is 196 g/mol. The monoisotopic (exact) mass is 196 g/mol. The molecule has 1 aromatic carbocycles. The molecule has 0 fully saturated rings. The van der Waals surface area contributed by atoms with Crippen molar-refractivity contribution in [1.29, 1.82) is 0 Å². The molecule has 0 unspecified atom stereocenters. The number of benzene rings is 1. The average Bonchev–Trinajstić information content (AvgIpc) is 1.96. The fourth-order valence-corrected chi connectivity index (χ4v) is 0.515. The Hall–Kier alpha value is -1.30. The standard InChI is InChI=1S/C6H5F2N.CH3F2N/c7-4-1-2-5(8)6(9)3-4;2-1(3)4/h1-3H,9H2;1H,4H2. The molecule has 1 aromatic rings. The number of nitrogens with two attached hydrogens (primary N) is 2.